The van der Waals surface area contributed by atoms with Crippen LogP contribution in [0, 0.1) is 6.92 Å². The van der Waals surface area contributed by atoms with Crippen molar-refractivity contribution in [2.45, 2.75) is 13.5 Å². The molecule has 94 valence electrons. The van der Waals surface area contributed by atoms with E-state index in [4.69, 9.17) is 4.42 Å². The van der Waals surface area contributed by atoms with E-state index in [2.05, 4.69) is 10.3 Å². The van der Waals surface area contributed by atoms with Crippen LogP contribution in [0.5, 0.6) is 0 Å². The van der Waals surface area contributed by atoms with Gasteiger partial charge in [-0.3, -0.25) is 4.79 Å². The number of aryl methyl sites for hydroxylation is 1. The lowest BCUT2D eigenvalue weighted by molar-refractivity contribution is -0.116. The fourth-order valence-electron chi connectivity index (χ4n) is 1.54. The molecule has 5 nitrogen and oxygen atoms in total. The molecule has 0 aromatic carbocycles. The molecule has 0 bridgehead atoms. The number of amides is 1. The maximum absolute atomic E-state index is 11.5. The van der Waals surface area contributed by atoms with Crippen LogP contribution in [0.3, 0.4) is 0 Å². The lowest BCUT2D eigenvalue weighted by Gasteiger charge is -2.05. The molecule has 2 aromatic heterocycles. The molecule has 2 heterocycles. The third kappa shape index (κ3) is 3.35. The van der Waals surface area contributed by atoms with E-state index in [0.717, 1.165) is 5.82 Å². The SMILES string of the molecule is Cc1nccn1CCNC(=O)/C=C/c1ccco1. The lowest BCUT2D eigenvalue weighted by atomic mass is 10.4. The fraction of sp³-hybridized carbons (Fsp3) is 0.231. The molecule has 0 saturated carbocycles. The van der Waals surface area contributed by atoms with Gasteiger partial charge in [-0.05, 0) is 25.1 Å². The Hall–Kier alpha value is -2.30. The summed E-state index contributed by atoms with van der Waals surface area (Å²) in [5, 5.41) is 2.79. The summed E-state index contributed by atoms with van der Waals surface area (Å²) in [5.74, 6) is 1.47. The van der Waals surface area contributed by atoms with Gasteiger partial charge < -0.3 is 14.3 Å². The van der Waals surface area contributed by atoms with Crippen LogP contribution in [-0.4, -0.2) is 22.0 Å². The normalized spacial score (nSPS) is 10.9. The molecule has 2 rings (SSSR count). The predicted octanol–water partition coefficient (Wildman–Crippen LogP) is 1.61. The standard InChI is InChI=1S/C13H15N3O2/c1-11-14-6-8-16(11)9-7-15-13(17)5-4-12-3-2-10-18-12/h2-6,8,10H,7,9H2,1H3,(H,15,17)/b5-4+. The van der Waals surface area contributed by atoms with Crippen molar-refractivity contribution in [1.82, 2.24) is 14.9 Å². The van der Waals surface area contributed by atoms with Crippen molar-refractivity contribution >= 4 is 12.0 Å². The first-order valence-electron chi connectivity index (χ1n) is 5.73. The van der Waals surface area contributed by atoms with Crippen LogP contribution in [0.4, 0.5) is 0 Å². The Morgan fingerprint density at radius 3 is 3.17 bits per heavy atom. The number of hydrogen-bond acceptors (Lipinski definition) is 3. The second kappa shape index (κ2) is 5.86. The molecular weight excluding hydrogens is 230 g/mol. The summed E-state index contributed by atoms with van der Waals surface area (Å²) in [6, 6.07) is 3.57. The largest absolute Gasteiger partial charge is 0.465 e. The Bertz CT molecular complexity index is 526. The third-order valence-electron chi connectivity index (χ3n) is 2.52. The number of nitrogens with one attached hydrogen (secondary N) is 1. The van der Waals surface area contributed by atoms with Gasteiger partial charge in [0.2, 0.25) is 5.91 Å². The Balaban J connectivity index is 1.74. The molecule has 0 aliphatic carbocycles. The minimum absolute atomic E-state index is 0.135. The Kier molecular flexibility index (Phi) is 3.96. The van der Waals surface area contributed by atoms with Crippen molar-refractivity contribution in [1.29, 1.82) is 0 Å². The van der Waals surface area contributed by atoms with E-state index in [-0.39, 0.29) is 5.91 Å². The van der Waals surface area contributed by atoms with Gasteiger partial charge in [0.25, 0.3) is 0 Å². The zero-order chi connectivity index (χ0) is 12.8. The molecule has 1 amide bonds. The molecule has 0 aliphatic heterocycles. The van der Waals surface area contributed by atoms with Crippen LogP contribution >= 0.6 is 0 Å². The highest BCUT2D eigenvalue weighted by molar-refractivity contribution is 5.91. The number of imidazole rings is 1. The topological polar surface area (TPSA) is 60.1 Å². The molecule has 2 aromatic rings. The highest BCUT2D eigenvalue weighted by Gasteiger charge is 1.98. The molecular formula is C13H15N3O2. The number of aromatic nitrogens is 2. The maximum Gasteiger partial charge on any atom is 0.244 e. The van der Waals surface area contributed by atoms with Gasteiger partial charge in [-0.15, -0.1) is 0 Å². The quantitative estimate of drug-likeness (QED) is 0.814. The number of rotatable bonds is 5. The van der Waals surface area contributed by atoms with Crippen LogP contribution < -0.4 is 5.32 Å². The Morgan fingerprint density at radius 1 is 1.61 bits per heavy atom. The number of carbonyl (C=O) groups is 1. The monoisotopic (exact) mass is 245 g/mol. The first kappa shape index (κ1) is 12.2. The Morgan fingerprint density at radius 2 is 2.50 bits per heavy atom. The first-order valence-corrected chi connectivity index (χ1v) is 5.73. The first-order chi connectivity index (χ1) is 8.75. The van der Waals surface area contributed by atoms with Gasteiger partial charge in [-0.25, -0.2) is 4.98 Å². The highest BCUT2D eigenvalue weighted by atomic mass is 16.3. The van der Waals surface area contributed by atoms with E-state index >= 15 is 0 Å². The molecule has 0 radical (unpaired) electrons. The second-order valence-electron chi connectivity index (χ2n) is 3.81. The van der Waals surface area contributed by atoms with Crippen LogP contribution in [0.2, 0.25) is 0 Å². The summed E-state index contributed by atoms with van der Waals surface area (Å²) in [6.45, 7) is 3.21. The molecule has 0 fully saturated rings. The number of furan rings is 1. The molecule has 1 N–H and O–H groups in total. The zero-order valence-electron chi connectivity index (χ0n) is 10.2. The van der Waals surface area contributed by atoms with E-state index in [9.17, 15) is 4.79 Å². The van der Waals surface area contributed by atoms with Crippen molar-refractivity contribution in [3.05, 3.63) is 48.5 Å². The summed E-state index contributed by atoms with van der Waals surface area (Å²) in [7, 11) is 0. The summed E-state index contributed by atoms with van der Waals surface area (Å²) >= 11 is 0. The van der Waals surface area contributed by atoms with E-state index in [0.29, 0.717) is 18.8 Å². The summed E-state index contributed by atoms with van der Waals surface area (Å²) in [5.41, 5.74) is 0. The predicted molar refractivity (Wildman–Crippen MR) is 67.7 cm³/mol. The third-order valence-corrected chi connectivity index (χ3v) is 2.52. The van der Waals surface area contributed by atoms with E-state index in [1.807, 2.05) is 17.7 Å². The molecule has 0 aliphatic rings. The average Bonchev–Trinajstić information content (AvgIpc) is 2.99. The van der Waals surface area contributed by atoms with Gasteiger partial charge in [0.05, 0.1) is 6.26 Å². The Labute approximate surface area is 105 Å². The van der Waals surface area contributed by atoms with Crippen molar-refractivity contribution < 1.29 is 9.21 Å². The fourth-order valence-corrected chi connectivity index (χ4v) is 1.54. The van der Waals surface area contributed by atoms with Gasteiger partial charge in [-0.2, -0.15) is 0 Å². The van der Waals surface area contributed by atoms with Crippen molar-refractivity contribution in [3.63, 3.8) is 0 Å². The van der Waals surface area contributed by atoms with Crippen molar-refractivity contribution in [3.8, 4) is 0 Å². The van der Waals surface area contributed by atoms with Gasteiger partial charge >= 0.3 is 0 Å². The summed E-state index contributed by atoms with van der Waals surface area (Å²) in [4.78, 5) is 15.6. The van der Waals surface area contributed by atoms with Gasteiger partial charge in [0.15, 0.2) is 0 Å². The van der Waals surface area contributed by atoms with Crippen LogP contribution in [0.1, 0.15) is 11.6 Å². The van der Waals surface area contributed by atoms with Gasteiger partial charge in [-0.1, -0.05) is 0 Å². The van der Waals surface area contributed by atoms with Crippen LogP contribution in [0.15, 0.2) is 41.3 Å². The summed E-state index contributed by atoms with van der Waals surface area (Å²) < 4.78 is 7.07. The molecule has 5 heteroatoms. The average molecular weight is 245 g/mol. The van der Waals surface area contributed by atoms with E-state index in [1.165, 1.54) is 6.08 Å². The summed E-state index contributed by atoms with van der Waals surface area (Å²) in [6.07, 6.45) is 8.30. The maximum atomic E-state index is 11.5. The number of carbonyl (C=O) groups excluding carboxylic acids is 1. The minimum atomic E-state index is -0.135. The highest BCUT2D eigenvalue weighted by Crippen LogP contribution is 2.01. The van der Waals surface area contributed by atoms with Crippen molar-refractivity contribution in [2.75, 3.05) is 6.54 Å². The van der Waals surface area contributed by atoms with Crippen LogP contribution in [-0.2, 0) is 11.3 Å². The van der Waals surface area contributed by atoms with E-state index < -0.39 is 0 Å². The molecule has 0 spiro atoms. The smallest absolute Gasteiger partial charge is 0.244 e. The van der Waals surface area contributed by atoms with Gasteiger partial charge in [0.1, 0.15) is 11.6 Å². The molecule has 0 atom stereocenters. The van der Waals surface area contributed by atoms with E-state index in [1.54, 1.807) is 30.7 Å². The second-order valence-corrected chi connectivity index (χ2v) is 3.81. The number of nitrogens with zero attached hydrogens (tertiary/aromatic N) is 2. The molecule has 0 unspecified atom stereocenters. The molecule has 0 saturated heterocycles. The van der Waals surface area contributed by atoms with Crippen molar-refractivity contribution in [2.24, 2.45) is 0 Å². The van der Waals surface area contributed by atoms with Crippen LogP contribution in [0.25, 0.3) is 6.08 Å². The van der Waals surface area contributed by atoms with Gasteiger partial charge in [0, 0.05) is 31.6 Å². The zero-order valence-corrected chi connectivity index (χ0v) is 10.2. The lowest BCUT2D eigenvalue weighted by Crippen LogP contribution is -2.25. The minimum Gasteiger partial charge on any atom is -0.465 e. The molecule has 18 heavy (non-hydrogen) atoms. The number of hydrogen-bond donors (Lipinski definition) is 1.